The molecule has 0 fully saturated rings. The van der Waals surface area contributed by atoms with E-state index in [4.69, 9.17) is 15.6 Å². The van der Waals surface area contributed by atoms with Gasteiger partial charge in [-0.2, -0.15) is 5.10 Å². The van der Waals surface area contributed by atoms with Gasteiger partial charge in [0.05, 0.1) is 11.4 Å². The highest BCUT2D eigenvalue weighted by molar-refractivity contribution is 5.98. The summed E-state index contributed by atoms with van der Waals surface area (Å²) in [6, 6.07) is 17.6. The summed E-state index contributed by atoms with van der Waals surface area (Å²) in [4.78, 5) is 22.8. The topological polar surface area (TPSA) is 99.2 Å². The van der Waals surface area contributed by atoms with E-state index in [1.807, 2.05) is 64.2 Å². The Labute approximate surface area is 208 Å². The number of benzene rings is 2. The number of anilines is 1. The standard InChI is InChI=1S/C28H26N6O2/c1-2-24(35)33-15-19-8-11-21(14-20(19)16-33)34-28-25(27(29)30-17-31-28)26(32-34)18-9-12-23(13-10-18)36-22-6-4-3-5-7-22/h2-7,9-10,12-13,17,21H,1,8,11,14-16H2,(H2,29,30,31)/t21-/m0/s1. The van der Waals surface area contributed by atoms with Gasteiger partial charge < -0.3 is 15.4 Å². The first kappa shape index (κ1) is 22.0. The minimum Gasteiger partial charge on any atom is -0.457 e. The van der Waals surface area contributed by atoms with Gasteiger partial charge in [-0.05, 0) is 72.9 Å². The van der Waals surface area contributed by atoms with E-state index in [1.54, 1.807) is 0 Å². The Bertz CT molecular complexity index is 1490. The maximum Gasteiger partial charge on any atom is 0.246 e. The zero-order valence-electron chi connectivity index (χ0n) is 19.8. The molecule has 0 spiro atoms. The van der Waals surface area contributed by atoms with Crippen molar-refractivity contribution in [3.05, 3.63) is 84.7 Å². The molecule has 0 saturated heterocycles. The molecule has 0 radical (unpaired) electrons. The average Bonchev–Trinajstić information content (AvgIpc) is 3.52. The summed E-state index contributed by atoms with van der Waals surface area (Å²) in [6.45, 7) is 4.98. The van der Waals surface area contributed by atoms with Gasteiger partial charge in [0.1, 0.15) is 29.3 Å². The Balaban J connectivity index is 1.31. The number of fused-ring (bicyclic) bond motifs is 1. The molecule has 4 aromatic rings. The number of nitrogen functional groups attached to an aromatic ring is 1. The molecule has 2 aliphatic rings. The molecule has 2 aromatic carbocycles. The molecule has 1 aliphatic carbocycles. The molecule has 0 saturated carbocycles. The molecule has 6 rings (SSSR count). The van der Waals surface area contributed by atoms with Crippen LogP contribution in [0.4, 0.5) is 5.82 Å². The molecule has 36 heavy (non-hydrogen) atoms. The maximum atomic E-state index is 12.1. The lowest BCUT2D eigenvalue weighted by molar-refractivity contribution is -0.124. The zero-order chi connectivity index (χ0) is 24.6. The number of aromatic nitrogens is 4. The Morgan fingerprint density at radius 3 is 2.56 bits per heavy atom. The highest BCUT2D eigenvalue weighted by Crippen LogP contribution is 2.40. The van der Waals surface area contributed by atoms with Crippen LogP contribution in [0, 0.1) is 0 Å². The van der Waals surface area contributed by atoms with Gasteiger partial charge in [0.2, 0.25) is 5.91 Å². The summed E-state index contributed by atoms with van der Waals surface area (Å²) in [5, 5.41) is 5.77. The largest absolute Gasteiger partial charge is 0.457 e. The van der Waals surface area contributed by atoms with E-state index in [0.29, 0.717) is 18.9 Å². The third-order valence-corrected chi connectivity index (χ3v) is 6.98. The lowest BCUT2D eigenvalue weighted by Gasteiger charge is -2.24. The van der Waals surface area contributed by atoms with E-state index >= 15 is 0 Å². The lowest BCUT2D eigenvalue weighted by Crippen LogP contribution is -2.27. The van der Waals surface area contributed by atoms with Crippen molar-refractivity contribution in [3.8, 4) is 22.8 Å². The van der Waals surface area contributed by atoms with Crippen molar-refractivity contribution in [3.63, 3.8) is 0 Å². The van der Waals surface area contributed by atoms with E-state index in [1.165, 1.54) is 23.5 Å². The van der Waals surface area contributed by atoms with Crippen LogP contribution in [0.1, 0.15) is 25.3 Å². The summed E-state index contributed by atoms with van der Waals surface area (Å²) in [5.41, 5.74) is 11.4. The highest BCUT2D eigenvalue weighted by atomic mass is 16.5. The van der Waals surface area contributed by atoms with E-state index in [-0.39, 0.29) is 11.9 Å². The number of ether oxygens (including phenoxy) is 1. The Hall–Kier alpha value is -4.46. The van der Waals surface area contributed by atoms with Gasteiger partial charge in [-0.15, -0.1) is 0 Å². The molecule has 2 N–H and O–H groups in total. The Morgan fingerprint density at radius 2 is 1.78 bits per heavy atom. The first-order valence-electron chi connectivity index (χ1n) is 12.0. The van der Waals surface area contributed by atoms with Crippen LogP contribution < -0.4 is 10.5 Å². The number of carbonyl (C=O) groups is 1. The van der Waals surface area contributed by atoms with Crippen LogP contribution in [-0.2, 0) is 4.79 Å². The second-order valence-electron chi connectivity index (χ2n) is 9.19. The first-order chi connectivity index (χ1) is 17.6. The van der Waals surface area contributed by atoms with Crippen LogP contribution in [0.3, 0.4) is 0 Å². The number of amides is 1. The molecule has 180 valence electrons. The SMILES string of the molecule is C=CC(=O)N1CC2=C(C[C@@H](n3nc(-c4ccc(Oc5ccccc5)cc4)c4c(N)ncnc43)CC2)C1. The molecule has 1 amide bonds. The number of nitrogens with zero attached hydrogens (tertiary/aromatic N) is 5. The predicted octanol–water partition coefficient (Wildman–Crippen LogP) is 4.92. The quantitative estimate of drug-likeness (QED) is 0.323. The van der Waals surface area contributed by atoms with E-state index in [0.717, 1.165) is 53.1 Å². The maximum absolute atomic E-state index is 12.1. The predicted molar refractivity (Wildman–Crippen MR) is 138 cm³/mol. The number of para-hydroxylation sites is 1. The van der Waals surface area contributed by atoms with Crippen molar-refractivity contribution >= 4 is 22.8 Å². The van der Waals surface area contributed by atoms with Gasteiger partial charge in [-0.1, -0.05) is 24.8 Å². The number of hydrogen-bond donors (Lipinski definition) is 1. The molecule has 0 unspecified atom stereocenters. The number of nitrogens with two attached hydrogens (primary N) is 1. The van der Waals surface area contributed by atoms with Gasteiger partial charge in [0.15, 0.2) is 5.65 Å². The first-order valence-corrected chi connectivity index (χ1v) is 12.0. The van der Waals surface area contributed by atoms with E-state index in [9.17, 15) is 4.79 Å². The molecule has 8 nitrogen and oxygen atoms in total. The number of hydrogen-bond acceptors (Lipinski definition) is 6. The molecule has 2 aromatic heterocycles. The van der Waals surface area contributed by atoms with Crippen LogP contribution in [-0.4, -0.2) is 43.6 Å². The van der Waals surface area contributed by atoms with Crippen molar-refractivity contribution < 1.29 is 9.53 Å². The monoisotopic (exact) mass is 478 g/mol. The average molecular weight is 479 g/mol. The molecule has 8 heteroatoms. The summed E-state index contributed by atoms with van der Waals surface area (Å²) >= 11 is 0. The molecule has 0 bridgehead atoms. The van der Waals surface area contributed by atoms with Crippen LogP contribution >= 0.6 is 0 Å². The minimum absolute atomic E-state index is 0.0204. The third-order valence-electron chi connectivity index (χ3n) is 6.98. The molecular weight excluding hydrogens is 452 g/mol. The summed E-state index contributed by atoms with van der Waals surface area (Å²) < 4.78 is 7.94. The second kappa shape index (κ2) is 8.96. The van der Waals surface area contributed by atoms with Gasteiger partial charge >= 0.3 is 0 Å². The van der Waals surface area contributed by atoms with Gasteiger partial charge in [-0.25, -0.2) is 14.6 Å². The molecule has 3 heterocycles. The van der Waals surface area contributed by atoms with E-state index < -0.39 is 0 Å². The van der Waals surface area contributed by atoms with Crippen molar-refractivity contribution in [1.29, 1.82) is 0 Å². The fourth-order valence-electron chi connectivity index (χ4n) is 5.18. The zero-order valence-corrected chi connectivity index (χ0v) is 19.8. The van der Waals surface area contributed by atoms with Gasteiger partial charge in [0.25, 0.3) is 0 Å². The third kappa shape index (κ3) is 3.90. The Morgan fingerprint density at radius 1 is 1.03 bits per heavy atom. The second-order valence-corrected chi connectivity index (χ2v) is 9.19. The van der Waals surface area contributed by atoms with Gasteiger partial charge in [0, 0.05) is 18.7 Å². The van der Waals surface area contributed by atoms with E-state index in [2.05, 4.69) is 16.5 Å². The van der Waals surface area contributed by atoms with Crippen LogP contribution in [0.5, 0.6) is 11.5 Å². The van der Waals surface area contributed by atoms with Crippen LogP contribution in [0.15, 0.2) is 84.7 Å². The fourth-order valence-corrected chi connectivity index (χ4v) is 5.18. The lowest BCUT2D eigenvalue weighted by atomic mass is 9.90. The smallest absolute Gasteiger partial charge is 0.246 e. The van der Waals surface area contributed by atoms with Crippen molar-refractivity contribution in [2.24, 2.45) is 0 Å². The minimum atomic E-state index is -0.0204. The Kier molecular flexibility index (Phi) is 5.48. The van der Waals surface area contributed by atoms with Gasteiger partial charge in [-0.3, -0.25) is 4.79 Å². The highest BCUT2D eigenvalue weighted by Gasteiger charge is 2.32. The van der Waals surface area contributed by atoms with Crippen LogP contribution in [0.2, 0.25) is 0 Å². The summed E-state index contributed by atoms with van der Waals surface area (Å²) in [6.07, 6.45) is 5.58. The fraction of sp³-hybridized carbons (Fsp3) is 0.214. The molecular formula is C28H26N6O2. The molecule has 1 atom stereocenters. The number of rotatable bonds is 5. The van der Waals surface area contributed by atoms with Crippen molar-refractivity contribution in [2.45, 2.75) is 25.3 Å². The number of carbonyl (C=O) groups excluding carboxylic acids is 1. The normalized spacial score (nSPS) is 17.3. The van der Waals surface area contributed by atoms with Crippen LogP contribution in [0.25, 0.3) is 22.3 Å². The summed E-state index contributed by atoms with van der Waals surface area (Å²) in [5.74, 6) is 1.91. The molecule has 1 aliphatic heterocycles. The summed E-state index contributed by atoms with van der Waals surface area (Å²) in [7, 11) is 0. The van der Waals surface area contributed by atoms with Crippen molar-refractivity contribution in [2.75, 3.05) is 18.8 Å². The van der Waals surface area contributed by atoms with Crippen molar-refractivity contribution in [1.82, 2.24) is 24.6 Å².